The molecule has 1 heterocycles. The molecule has 0 aromatic rings. The zero-order chi connectivity index (χ0) is 37.9. The Bertz CT molecular complexity index is 1020. The molecule has 0 bridgehead atoms. The van der Waals surface area contributed by atoms with Gasteiger partial charge in [0, 0.05) is 13.0 Å². The number of carbonyl (C=O) groups is 1. The van der Waals surface area contributed by atoms with Gasteiger partial charge in [-0.05, 0) is 64.2 Å². The number of esters is 1. The molecule has 6 atom stereocenters. The minimum absolute atomic E-state index is 0.118. The molecule has 1 rings (SSSR count). The fourth-order valence-corrected chi connectivity index (χ4v) is 5.49. The van der Waals surface area contributed by atoms with E-state index in [1.54, 1.807) is 0 Å². The SMILES string of the molecule is CC/C=C\C/C=C\C/C=C\C/C=C\C/C=C\C/C=C\CCCCCOCC(COC1OC(CO)C(O)C(O)C1O)OC(=O)CCCCCCCCC. The minimum Gasteiger partial charge on any atom is -0.457 e. The summed E-state index contributed by atoms with van der Waals surface area (Å²) >= 11 is 0. The molecule has 0 amide bonds. The monoisotopic (exact) mass is 733 g/mol. The Labute approximate surface area is 315 Å². The summed E-state index contributed by atoms with van der Waals surface area (Å²) in [5.74, 6) is -0.337. The Hall–Kier alpha value is -2.37. The third kappa shape index (κ3) is 25.6. The molecular weight excluding hydrogens is 660 g/mol. The van der Waals surface area contributed by atoms with Crippen LogP contribution in [0.25, 0.3) is 0 Å². The number of hydrogen-bond donors (Lipinski definition) is 4. The maximum absolute atomic E-state index is 12.6. The van der Waals surface area contributed by atoms with E-state index >= 15 is 0 Å². The number of carbonyl (C=O) groups excluding carboxylic acids is 1. The van der Waals surface area contributed by atoms with E-state index in [4.69, 9.17) is 18.9 Å². The first-order valence-corrected chi connectivity index (χ1v) is 20.0. The Morgan fingerprint density at radius 3 is 1.75 bits per heavy atom. The first-order valence-electron chi connectivity index (χ1n) is 20.0. The van der Waals surface area contributed by atoms with Crippen LogP contribution in [0.3, 0.4) is 0 Å². The largest absolute Gasteiger partial charge is 0.457 e. The van der Waals surface area contributed by atoms with Crippen molar-refractivity contribution in [3.8, 4) is 0 Å². The van der Waals surface area contributed by atoms with Crippen molar-refractivity contribution in [2.75, 3.05) is 26.4 Å². The molecule has 298 valence electrons. The highest BCUT2D eigenvalue weighted by Crippen LogP contribution is 2.22. The molecule has 52 heavy (non-hydrogen) atoms. The molecule has 4 N–H and O–H groups in total. The van der Waals surface area contributed by atoms with E-state index in [-0.39, 0.29) is 19.2 Å². The van der Waals surface area contributed by atoms with E-state index < -0.39 is 43.4 Å². The lowest BCUT2D eigenvalue weighted by Gasteiger charge is -2.39. The van der Waals surface area contributed by atoms with Crippen LogP contribution < -0.4 is 0 Å². The number of allylic oxidation sites excluding steroid dienone is 12. The molecule has 1 aliphatic heterocycles. The van der Waals surface area contributed by atoms with Crippen molar-refractivity contribution >= 4 is 5.97 Å². The first-order chi connectivity index (χ1) is 25.4. The van der Waals surface area contributed by atoms with Gasteiger partial charge in [-0.15, -0.1) is 0 Å². The van der Waals surface area contributed by atoms with E-state index in [0.717, 1.165) is 83.5 Å². The number of unbranched alkanes of at least 4 members (excludes halogenated alkanes) is 9. The van der Waals surface area contributed by atoms with Crippen molar-refractivity contribution in [2.24, 2.45) is 0 Å². The second kappa shape index (κ2) is 34.4. The summed E-state index contributed by atoms with van der Waals surface area (Å²) in [6.45, 7) is 4.28. The van der Waals surface area contributed by atoms with Crippen LogP contribution in [0.2, 0.25) is 0 Å². The summed E-state index contributed by atoms with van der Waals surface area (Å²) in [5.41, 5.74) is 0. The van der Waals surface area contributed by atoms with Crippen molar-refractivity contribution in [1.29, 1.82) is 0 Å². The molecule has 9 nitrogen and oxygen atoms in total. The van der Waals surface area contributed by atoms with Gasteiger partial charge in [0.15, 0.2) is 6.29 Å². The van der Waals surface area contributed by atoms with E-state index in [0.29, 0.717) is 13.0 Å². The van der Waals surface area contributed by atoms with Crippen LogP contribution in [0, 0.1) is 0 Å². The average molecular weight is 733 g/mol. The highest BCUT2D eigenvalue weighted by Gasteiger charge is 2.44. The third-order valence-corrected chi connectivity index (χ3v) is 8.64. The van der Waals surface area contributed by atoms with Crippen molar-refractivity contribution in [3.05, 3.63) is 72.9 Å². The summed E-state index contributed by atoms with van der Waals surface area (Å²) in [6.07, 6.45) is 36.7. The first kappa shape index (κ1) is 47.7. The van der Waals surface area contributed by atoms with Gasteiger partial charge in [-0.3, -0.25) is 4.79 Å². The summed E-state index contributed by atoms with van der Waals surface area (Å²) in [7, 11) is 0. The standard InChI is InChI=1S/C43H72O9/c1-3-5-7-9-11-12-13-14-15-16-17-18-19-20-21-22-23-24-25-27-29-31-33-49-35-37(51-39(45)32-30-28-26-10-8-6-4-2)36-50-43-42(48)41(47)40(46)38(34-44)52-43/h5,7,11-12,14-15,17-18,20-21,23-24,37-38,40-44,46-48H,3-4,6,8-10,13,16,19,22,25-36H2,1-2H3/b7-5-,12-11-,15-14-,18-17-,21-20-,24-23-. The van der Waals surface area contributed by atoms with E-state index in [9.17, 15) is 25.2 Å². The van der Waals surface area contributed by atoms with Gasteiger partial charge in [-0.1, -0.05) is 132 Å². The van der Waals surface area contributed by atoms with Gasteiger partial charge in [0.1, 0.15) is 30.5 Å². The fourth-order valence-electron chi connectivity index (χ4n) is 5.49. The summed E-state index contributed by atoms with van der Waals surface area (Å²) in [5, 5.41) is 39.9. The highest BCUT2D eigenvalue weighted by molar-refractivity contribution is 5.69. The van der Waals surface area contributed by atoms with E-state index in [1.165, 1.54) is 25.7 Å². The number of aliphatic hydroxyl groups is 4. The second-order valence-corrected chi connectivity index (χ2v) is 13.4. The number of rotatable bonds is 32. The Morgan fingerprint density at radius 2 is 1.17 bits per heavy atom. The Morgan fingerprint density at radius 1 is 0.635 bits per heavy atom. The lowest BCUT2D eigenvalue weighted by Crippen LogP contribution is -2.59. The molecule has 1 aliphatic rings. The molecule has 9 heteroatoms. The van der Waals surface area contributed by atoms with Crippen LogP contribution >= 0.6 is 0 Å². The van der Waals surface area contributed by atoms with Crippen LogP contribution in [-0.4, -0.2) is 89.6 Å². The van der Waals surface area contributed by atoms with Crippen molar-refractivity contribution < 1.29 is 44.2 Å². The topological polar surface area (TPSA) is 135 Å². The summed E-state index contributed by atoms with van der Waals surface area (Å²) in [4.78, 5) is 12.6. The second-order valence-electron chi connectivity index (χ2n) is 13.4. The van der Waals surface area contributed by atoms with Crippen LogP contribution in [0.15, 0.2) is 72.9 Å². The van der Waals surface area contributed by atoms with Crippen LogP contribution in [-0.2, 0) is 23.7 Å². The molecule has 1 saturated heterocycles. The molecular formula is C43H72O9. The Balaban J connectivity index is 2.27. The predicted octanol–water partition coefficient (Wildman–Crippen LogP) is 8.13. The smallest absolute Gasteiger partial charge is 0.306 e. The molecule has 0 spiro atoms. The van der Waals surface area contributed by atoms with E-state index in [1.807, 2.05) is 0 Å². The van der Waals surface area contributed by atoms with Crippen LogP contribution in [0.1, 0.15) is 129 Å². The molecule has 0 aliphatic carbocycles. The van der Waals surface area contributed by atoms with Crippen molar-refractivity contribution in [2.45, 2.75) is 166 Å². The normalized spacial score (nSPS) is 22.0. The number of aliphatic hydroxyl groups excluding tert-OH is 4. The maximum atomic E-state index is 12.6. The van der Waals surface area contributed by atoms with Gasteiger partial charge in [-0.25, -0.2) is 0 Å². The lowest BCUT2D eigenvalue weighted by molar-refractivity contribution is -0.305. The van der Waals surface area contributed by atoms with Crippen LogP contribution in [0.4, 0.5) is 0 Å². The zero-order valence-corrected chi connectivity index (χ0v) is 32.3. The number of ether oxygens (including phenoxy) is 4. The van der Waals surface area contributed by atoms with Gasteiger partial charge in [0.05, 0.1) is 19.8 Å². The predicted molar refractivity (Wildman–Crippen MR) is 210 cm³/mol. The van der Waals surface area contributed by atoms with Gasteiger partial charge < -0.3 is 39.4 Å². The molecule has 0 radical (unpaired) electrons. The molecule has 0 aromatic heterocycles. The molecule has 6 unspecified atom stereocenters. The van der Waals surface area contributed by atoms with E-state index in [2.05, 4.69) is 86.8 Å². The highest BCUT2D eigenvalue weighted by atomic mass is 16.7. The van der Waals surface area contributed by atoms with Gasteiger partial charge in [0.25, 0.3) is 0 Å². The van der Waals surface area contributed by atoms with Crippen LogP contribution in [0.5, 0.6) is 0 Å². The fraction of sp³-hybridized carbons (Fsp3) is 0.698. The third-order valence-electron chi connectivity index (χ3n) is 8.64. The summed E-state index contributed by atoms with van der Waals surface area (Å²) in [6, 6.07) is 0. The lowest BCUT2D eigenvalue weighted by atomic mass is 9.99. The minimum atomic E-state index is -1.54. The molecule has 0 saturated carbocycles. The van der Waals surface area contributed by atoms with Crippen molar-refractivity contribution in [1.82, 2.24) is 0 Å². The molecule has 0 aromatic carbocycles. The van der Waals surface area contributed by atoms with Crippen molar-refractivity contribution in [3.63, 3.8) is 0 Å². The Kier molecular flexibility index (Phi) is 31.5. The van der Waals surface area contributed by atoms with Gasteiger partial charge in [0.2, 0.25) is 0 Å². The quantitative estimate of drug-likeness (QED) is 0.0307. The average Bonchev–Trinajstić information content (AvgIpc) is 3.14. The molecule has 1 fully saturated rings. The zero-order valence-electron chi connectivity index (χ0n) is 32.3. The van der Waals surface area contributed by atoms with Gasteiger partial charge >= 0.3 is 5.97 Å². The maximum Gasteiger partial charge on any atom is 0.306 e. The number of hydrogen-bond acceptors (Lipinski definition) is 9. The summed E-state index contributed by atoms with van der Waals surface area (Å²) < 4.78 is 22.6. The van der Waals surface area contributed by atoms with Gasteiger partial charge in [-0.2, -0.15) is 0 Å².